The Bertz CT molecular complexity index is 943. The first-order valence-corrected chi connectivity index (χ1v) is 9.07. The maximum Gasteiger partial charge on any atom is 0.267 e. The molecule has 0 atom stereocenters. The normalized spacial score (nSPS) is 11.6. The summed E-state index contributed by atoms with van der Waals surface area (Å²) in [6.07, 6.45) is 4.90. The Labute approximate surface area is 158 Å². The lowest BCUT2D eigenvalue weighted by atomic mass is 10.1. The molecule has 140 valence electrons. The second kappa shape index (κ2) is 8.62. The van der Waals surface area contributed by atoms with Crippen LogP contribution in [0.3, 0.4) is 0 Å². The van der Waals surface area contributed by atoms with Gasteiger partial charge in [-0.1, -0.05) is 44.2 Å². The summed E-state index contributed by atoms with van der Waals surface area (Å²) < 4.78 is 2.10. The Balaban J connectivity index is 2.08. The van der Waals surface area contributed by atoms with Gasteiger partial charge in [0.2, 0.25) is 0 Å². The Hall–Kier alpha value is -2.96. The average Bonchev–Trinajstić information content (AvgIpc) is 3.08. The first-order valence-electron chi connectivity index (χ1n) is 9.07. The number of hydrogen-bond donors (Lipinski definition) is 2. The molecule has 6 nitrogen and oxygen atoms in total. The smallest absolute Gasteiger partial charge is 0.267 e. The van der Waals surface area contributed by atoms with Crippen molar-refractivity contribution in [3.8, 4) is 11.3 Å². The van der Waals surface area contributed by atoms with Crippen molar-refractivity contribution in [2.24, 2.45) is 0 Å². The van der Waals surface area contributed by atoms with Crippen molar-refractivity contribution in [1.82, 2.24) is 19.8 Å². The quantitative estimate of drug-likeness (QED) is 0.383. The zero-order chi connectivity index (χ0) is 19.2. The van der Waals surface area contributed by atoms with E-state index in [1.54, 1.807) is 11.6 Å². The molecular weight excluding hydrogens is 340 g/mol. The number of fused-ring (bicyclic) bond motifs is 1. The average molecular weight is 364 g/mol. The molecule has 0 spiro atoms. The minimum atomic E-state index is -0.564. The van der Waals surface area contributed by atoms with E-state index in [4.69, 9.17) is 10.2 Å². The van der Waals surface area contributed by atoms with E-state index in [2.05, 4.69) is 35.3 Å². The summed E-state index contributed by atoms with van der Waals surface area (Å²) in [5, 5.41) is 8.61. The minimum Gasteiger partial charge on any atom is -0.302 e. The molecule has 1 amide bonds. The maximum atomic E-state index is 11.2. The van der Waals surface area contributed by atoms with Crippen LogP contribution in [-0.2, 0) is 11.3 Å². The molecule has 0 fully saturated rings. The number of nitrogens with one attached hydrogen (secondary N) is 1. The van der Waals surface area contributed by atoms with Gasteiger partial charge in [-0.25, -0.2) is 10.5 Å². The molecular formula is C21H24N4O2. The van der Waals surface area contributed by atoms with Crippen LogP contribution in [0.25, 0.3) is 23.0 Å². The number of amides is 1. The maximum absolute atomic E-state index is 11.2. The monoisotopic (exact) mass is 364 g/mol. The first kappa shape index (κ1) is 18.8. The van der Waals surface area contributed by atoms with Gasteiger partial charge >= 0.3 is 0 Å². The molecule has 27 heavy (non-hydrogen) atoms. The highest BCUT2D eigenvalue weighted by molar-refractivity contribution is 5.91. The molecule has 2 heterocycles. The van der Waals surface area contributed by atoms with E-state index < -0.39 is 5.91 Å². The molecule has 3 aromatic rings. The third-order valence-electron chi connectivity index (χ3n) is 4.60. The van der Waals surface area contributed by atoms with Crippen molar-refractivity contribution < 1.29 is 10.0 Å². The van der Waals surface area contributed by atoms with Gasteiger partial charge in [0.1, 0.15) is 5.65 Å². The van der Waals surface area contributed by atoms with Crippen LogP contribution < -0.4 is 5.48 Å². The fraction of sp³-hybridized carbons (Fsp3) is 0.238. The highest BCUT2D eigenvalue weighted by Crippen LogP contribution is 2.26. The Morgan fingerprint density at radius 2 is 1.96 bits per heavy atom. The minimum absolute atomic E-state index is 0.564. The molecule has 0 aliphatic rings. The summed E-state index contributed by atoms with van der Waals surface area (Å²) in [4.78, 5) is 18.4. The van der Waals surface area contributed by atoms with E-state index in [0.717, 1.165) is 47.8 Å². The summed E-state index contributed by atoms with van der Waals surface area (Å²) in [7, 11) is 0. The summed E-state index contributed by atoms with van der Waals surface area (Å²) in [6.45, 7) is 7.05. The van der Waals surface area contributed by atoms with Gasteiger partial charge in [-0.3, -0.25) is 14.9 Å². The topological polar surface area (TPSA) is 69.9 Å². The number of pyridine rings is 1. The molecule has 3 rings (SSSR count). The van der Waals surface area contributed by atoms with Crippen LogP contribution in [-0.4, -0.2) is 38.5 Å². The van der Waals surface area contributed by atoms with Crippen molar-refractivity contribution in [2.45, 2.75) is 20.4 Å². The van der Waals surface area contributed by atoms with E-state index in [1.807, 2.05) is 36.5 Å². The summed E-state index contributed by atoms with van der Waals surface area (Å²) in [6, 6.07) is 14.0. The van der Waals surface area contributed by atoms with Crippen molar-refractivity contribution >= 4 is 17.6 Å². The summed E-state index contributed by atoms with van der Waals surface area (Å²) in [5.74, 6) is -0.564. The fourth-order valence-electron chi connectivity index (χ4n) is 3.06. The molecule has 0 unspecified atom stereocenters. The number of benzene rings is 1. The number of rotatable bonds is 7. The molecule has 2 aromatic heterocycles. The molecule has 0 saturated carbocycles. The second-order valence-corrected chi connectivity index (χ2v) is 6.23. The van der Waals surface area contributed by atoms with E-state index in [0.29, 0.717) is 0 Å². The zero-order valence-electron chi connectivity index (χ0n) is 15.6. The second-order valence-electron chi connectivity index (χ2n) is 6.23. The molecule has 0 aliphatic heterocycles. The lowest BCUT2D eigenvalue weighted by molar-refractivity contribution is -0.124. The Morgan fingerprint density at radius 1 is 1.22 bits per heavy atom. The van der Waals surface area contributed by atoms with Crippen molar-refractivity contribution in [3.63, 3.8) is 0 Å². The Kier molecular flexibility index (Phi) is 6.01. The standard InChI is InChI=1S/C21H24N4O2/c1-3-24(4-2)15-18-21(17-8-6-5-7-9-17)22-19-14-16(12-13-25(18)19)10-11-20(26)23-27/h5-14,27H,3-4,15H2,1-2H3,(H,23,26)/b11-10+. The highest BCUT2D eigenvalue weighted by Gasteiger charge is 2.16. The highest BCUT2D eigenvalue weighted by atomic mass is 16.5. The van der Waals surface area contributed by atoms with Crippen molar-refractivity contribution in [1.29, 1.82) is 0 Å². The Morgan fingerprint density at radius 3 is 2.63 bits per heavy atom. The van der Waals surface area contributed by atoms with Gasteiger partial charge in [-0.2, -0.15) is 0 Å². The van der Waals surface area contributed by atoms with Crippen LogP contribution in [0.15, 0.2) is 54.7 Å². The number of carbonyl (C=O) groups is 1. The van der Waals surface area contributed by atoms with Crippen LogP contribution in [0.5, 0.6) is 0 Å². The lowest BCUT2D eigenvalue weighted by Crippen LogP contribution is -2.23. The number of aromatic nitrogens is 2. The summed E-state index contributed by atoms with van der Waals surface area (Å²) in [5.41, 5.74) is 6.44. The van der Waals surface area contributed by atoms with E-state index in [-0.39, 0.29) is 0 Å². The number of carbonyl (C=O) groups excluding carboxylic acids is 1. The molecule has 0 saturated heterocycles. The largest absolute Gasteiger partial charge is 0.302 e. The van der Waals surface area contributed by atoms with Crippen molar-refractivity contribution in [2.75, 3.05) is 13.1 Å². The summed E-state index contributed by atoms with van der Waals surface area (Å²) >= 11 is 0. The zero-order valence-corrected chi connectivity index (χ0v) is 15.6. The SMILES string of the molecule is CCN(CC)Cc1c(-c2ccccc2)nc2cc(/C=C/C(=O)NO)ccn12. The number of imidazole rings is 1. The van der Waals surface area contributed by atoms with Crippen LogP contribution in [0.2, 0.25) is 0 Å². The third kappa shape index (κ3) is 4.24. The van der Waals surface area contributed by atoms with Crippen LogP contribution in [0, 0.1) is 0 Å². The van der Waals surface area contributed by atoms with Gasteiger partial charge in [0.25, 0.3) is 5.91 Å². The number of nitrogens with zero attached hydrogens (tertiary/aromatic N) is 3. The van der Waals surface area contributed by atoms with Gasteiger partial charge < -0.3 is 4.40 Å². The molecule has 6 heteroatoms. The van der Waals surface area contributed by atoms with Gasteiger partial charge in [0.15, 0.2) is 0 Å². The number of hydrogen-bond acceptors (Lipinski definition) is 4. The van der Waals surface area contributed by atoms with Gasteiger partial charge in [-0.05, 0) is 36.9 Å². The molecule has 0 bridgehead atoms. The van der Waals surface area contributed by atoms with Gasteiger partial charge in [0, 0.05) is 24.4 Å². The predicted octanol–water partition coefficient (Wildman–Crippen LogP) is 3.36. The van der Waals surface area contributed by atoms with E-state index in [1.165, 1.54) is 6.08 Å². The van der Waals surface area contributed by atoms with Crippen molar-refractivity contribution in [3.05, 3.63) is 66.0 Å². The molecule has 2 N–H and O–H groups in total. The predicted molar refractivity (Wildman–Crippen MR) is 106 cm³/mol. The van der Waals surface area contributed by atoms with E-state index in [9.17, 15) is 4.79 Å². The van der Waals surface area contributed by atoms with Gasteiger partial charge in [0.05, 0.1) is 11.4 Å². The molecule has 0 aliphatic carbocycles. The fourth-order valence-corrected chi connectivity index (χ4v) is 3.06. The number of hydroxylamine groups is 1. The van der Waals surface area contributed by atoms with Gasteiger partial charge in [-0.15, -0.1) is 0 Å². The molecule has 0 radical (unpaired) electrons. The lowest BCUT2D eigenvalue weighted by Gasteiger charge is -2.18. The van der Waals surface area contributed by atoms with Crippen LogP contribution >= 0.6 is 0 Å². The first-order chi connectivity index (χ1) is 13.2. The molecule has 1 aromatic carbocycles. The van der Waals surface area contributed by atoms with E-state index >= 15 is 0 Å². The third-order valence-corrected chi connectivity index (χ3v) is 4.60. The van der Waals surface area contributed by atoms with Crippen LogP contribution in [0.4, 0.5) is 0 Å². The van der Waals surface area contributed by atoms with Crippen LogP contribution in [0.1, 0.15) is 25.1 Å².